The molecule has 0 unspecified atom stereocenters. The number of hydrogen-bond donors (Lipinski definition) is 2. The second-order valence-electron chi connectivity index (χ2n) is 8.71. The summed E-state index contributed by atoms with van der Waals surface area (Å²) in [4.78, 5) is 40.7. The van der Waals surface area contributed by atoms with Gasteiger partial charge in [0.2, 0.25) is 5.91 Å². The molecule has 1 aromatic heterocycles. The number of halogens is 2. The third-order valence-electron chi connectivity index (χ3n) is 6.32. The summed E-state index contributed by atoms with van der Waals surface area (Å²) in [6, 6.07) is 21.8. The van der Waals surface area contributed by atoms with E-state index in [2.05, 4.69) is 26.0 Å². The molecule has 2 N–H and O–H groups in total. The zero-order valence-electron chi connectivity index (χ0n) is 19.4. The van der Waals surface area contributed by atoms with Crippen molar-refractivity contribution in [2.75, 3.05) is 0 Å². The van der Waals surface area contributed by atoms with E-state index in [4.69, 9.17) is 16.7 Å². The number of benzene rings is 3. The number of fused-ring (bicyclic) bond motifs is 1. The van der Waals surface area contributed by atoms with Crippen molar-refractivity contribution in [2.45, 2.75) is 25.3 Å². The maximum atomic E-state index is 13.5. The van der Waals surface area contributed by atoms with E-state index in [-0.39, 0.29) is 18.4 Å². The van der Waals surface area contributed by atoms with E-state index in [1.807, 2.05) is 60.7 Å². The second-order valence-corrected chi connectivity index (χ2v) is 10.1. The zero-order chi connectivity index (χ0) is 26.1. The second kappa shape index (κ2) is 10.3. The minimum absolute atomic E-state index is 0.197. The highest BCUT2D eigenvalue weighted by molar-refractivity contribution is 9.10. The Bertz CT molecular complexity index is 1600. The number of aliphatic carboxylic acids is 1. The number of aromatic amines is 1. The Labute approximate surface area is 225 Å². The molecular weight excluding hydrogens is 558 g/mol. The van der Waals surface area contributed by atoms with Gasteiger partial charge in [-0.15, -0.1) is 0 Å². The summed E-state index contributed by atoms with van der Waals surface area (Å²) < 4.78 is 0.884. The number of amides is 1. The Kier molecular flexibility index (Phi) is 6.95. The molecule has 9 heteroatoms. The molecule has 2 heterocycles. The molecule has 0 fully saturated rings. The summed E-state index contributed by atoms with van der Waals surface area (Å²) in [5.41, 5.74) is 3.50. The summed E-state index contributed by atoms with van der Waals surface area (Å²) in [6.45, 7) is 0. The van der Waals surface area contributed by atoms with Crippen LogP contribution in [0.2, 0.25) is 5.02 Å². The molecule has 0 spiro atoms. The third-order valence-corrected chi connectivity index (χ3v) is 7.10. The number of para-hydroxylation sites is 1. The van der Waals surface area contributed by atoms with Crippen molar-refractivity contribution in [3.8, 4) is 11.1 Å². The van der Waals surface area contributed by atoms with E-state index in [1.54, 1.807) is 12.1 Å². The molecule has 1 atom stereocenters. The SMILES string of the molecule is O=C(O)CCC(=O)N1N=C(c2c(-c3ccc(Cl)cc3)c3ccccc3[nH]c2=O)C[C@H]1c1ccc(Br)cc1. The van der Waals surface area contributed by atoms with E-state index in [0.717, 1.165) is 21.0 Å². The van der Waals surface area contributed by atoms with Crippen molar-refractivity contribution in [1.82, 2.24) is 9.99 Å². The summed E-state index contributed by atoms with van der Waals surface area (Å²) >= 11 is 9.57. The highest BCUT2D eigenvalue weighted by Crippen LogP contribution is 2.37. The molecule has 0 radical (unpaired) electrons. The molecule has 1 aliphatic heterocycles. The van der Waals surface area contributed by atoms with Crippen LogP contribution in [0, 0.1) is 0 Å². The number of hydrogen-bond acceptors (Lipinski definition) is 4. The average molecular weight is 579 g/mol. The summed E-state index contributed by atoms with van der Waals surface area (Å²) in [6.07, 6.45) is -0.209. The minimum Gasteiger partial charge on any atom is -0.481 e. The molecular formula is C28H21BrClN3O4. The van der Waals surface area contributed by atoms with Crippen LogP contribution in [-0.2, 0) is 9.59 Å². The molecule has 186 valence electrons. The van der Waals surface area contributed by atoms with Crippen LogP contribution < -0.4 is 5.56 Å². The highest BCUT2D eigenvalue weighted by atomic mass is 79.9. The van der Waals surface area contributed by atoms with Crippen molar-refractivity contribution >= 4 is 56.0 Å². The molecule has 5 rings (SSSR count). The molecule has 4 aromatic rings. The van der Waals surface area contributed by atoms with E-state index in [1.165, 1.54) is 5.01 Å². The van der Waals surface area contributed by atoms with E-state index < -0.39 is 17.9 Å². The van der Waals surface area contributed by atoms with E-state index in [0.29, 0.717) is 33.8 Å². The number of rotatable bonds is 6. The highest BCUT2D eigenvalue weighted by Gasteiger charge is 2.35. The molecule has 0 saturated heterocycles. The molecule has 0 saturated carbocycles. The monoisotopic (exact) mass is 577 g/mol. The van der Waals surface area contributed by atoms with Crippen LogP contribution in [0.15, 0.2) is 87.2 Å². The number of H-pyrrole nitrogens is 1. The van der Waals surface area contributed by atoms with Crippen LogP contribution in [0.3, 0.4) is 0 Å². The standard InChI is InChI=1S/C28H21BrClN3O4/c29-18-9-5-16(6-10-18)23-15-22(32-33(23)24(34)13-14-25(35)36)27-26(17-7-11-19(30)12-8-17)20-3-1-2-4-21(20)31-28(27)37/h1-12,23H,13-15H2,(H,31,37)(H,35,36)/t23-/m0/s1. The lowest BCUT2D eigenvalue weighted by Gasteiger charge is -2.22. The number of nitrogens with one attached hydrogen (secondary N) is 1. The van der Waals surface area contributed by atoms with Crippen LogP contribution in [0.25, 0.3) is 22.0 Å². The van der Waals surface area contributed by atoms with Gasteiger partial charge in [-0.3, -0.25) is 14.4 Å². The Morgan fingerprint density at radius 1 is 1.00 bits per heavy atom. The van der Waals surface area contributed by atoms with Gasteiger partial charge in [0.25, 0.3) is 5.56 Å². The number of carboxylic acids is 1. The van der Waals surface area contributed by atoms with Crippen LogP contribution >= 0.6 is 27.5 Å². The number of carboxylic acid groups (broad SMARTS) is 1. The van der Waals surface area contributed by atoms with Crippen LogP contribution in [-0.4, -0.2) is 32.7 Å². The number of hydrazone groups is 1. The first-order valence-corrected chi connectivity index (χ1v) is 12.8. The summed E-state index contributed by atoms with van der Waals surface area (Å²) in [7, 11) is 0. The largest absolute Gasteiger partial charge is 0.481 e. The molecule has 7 nitrogen and oxygen atoms in total. The van der Waals surface area contributed by atoms with Gasteiger partial charge in [0.1, 0.15) is 0 Å². The average Bonchev–Trinajstić information content (AvgIpc) is 3.32. The van der Waals surface area contributed by atoms with Gasteiger partial charge in [-0.2, -0.15) is 5.10 Å². The first-order valence-electron chi connectivity index (χ1n) is 11.6. The fraction of sp³-hybridized carbons (Fsp3) is 0.143. The smallest absolute Gasteiger partial charge is 0.303 e. The Hall–Kier alpha value is -3.75. The molecule has 0 bridgehead atoms. The zero-order valence-corrected chi connectivity index (χ0v) is 21.8. The Morgan fingerprint density at radius 3 is 2.41 bits per heavy atom. The van der Waals surface area contributed by atoms with Gasteiger partial charge in [0.05, 0.1) is 23.7 Å². The minimum atomic E-state index is -1.06. The molecule has 3 aromatic carbocycles. The summed E-state index contributed by atoms with van der Waals surface area (Å²) in [5, 5.41) is 16.5. The van der Waals surface area contributed by atoms with Gasteiger partial charge in [-0.05, 0) is 41.5 Å². The van der Waals surface area contributed by atoms with Gasteiger partial charge in [0.15, 0.2) is 0 Å². The topological polar surface area (TPSA) is 103 Å². The lowest BCUT2D eigenvalue weighted by Crippen LogP contribution is -2.27. The maximum absolute atomic E-state index is 13.5. The van der Waals surface area contributed by atoms with Crippen molar-refractivity contribution in [1.29, 1.82) is 0 Å². The van der Waals surface area contributed by atoms with E-state index >= 15 is 0 Å². The van der Waals surface area contributed by atoms with Gasteiger partial charge in [-0.1, -0.05) is 70.0 Å². The van der Waals surface area contributed by atoms with Crippen molar-refractivity contribution in [2.24, 2.45) is 5.10 Å². The Morgan fingerprint density at radius 2 is 1.70 bits per heavy atom. The predicted molar refractivity (Wildman–Crippen MR) is 147 cm³/mol. The first-order chi connectivity index (χ1) is 17.8. The van der Waals surface area contributed by atoms with Gasteiger partial charge in [-0.25, -0.2) is 5.01 Å². The van der Waals surface area contributed by atoms with Crippen molar-refractivity contribution in [3.05, 3.63) is 104 Å². The number of carbonyl (C=O) groups excluding carboxylic acids is 1. The van der Waals surface area contributed by atoms with Crippen LogP contribution in [0.1, 0.15) is 36.4 Å². The molecule has 0 aliphatic carbocycles. The number of carbonyl (C=O) groups is 2. The number of nitrogens with zero attached hydrogens (tertiary/aromatic N) is 2. The lowest BCUT2D eigenvalue weighted by molar-refractivity contribution is -0.141. The van der Waals surface area contributed by atoms with Crippen molar-refractivity contribution < 1.29 is 14.7 Å². The molecule has 1 aliphatic rings. The molecule has 37 heavy (non-hydrogen) atoms. The van der Waals surface area contributed by atoms with Gasteiger partial charge < -0.3 is 10.1 Å². The van der Waals surface area contributed by atoms with Crippen LogP contribution in [0.5, 0.6) is 0 Å². The van der Waals surface area contributed by atoms with Crippen molar-refractivity contribution in [3.63, 3.8) is 0 Å². The molecule has 1 amide bonds. The first kappa shape index (κ1) is 24.9. The lowest BCUT2D eigenvalue weighted by atomic mass is 9.91. The number of aromatic nitrogens is 1. The third kappa shape index (κ3) is 5.08. The van der Waals surface area contributed by atoms with Gasteiger partial charge >= 0.3 is 5.97 Å². The summed E-state index contributed by atoms with van der Waals surface area (Å²) in [5.74, 6) is -1.48. The number of pyridine rings is 1. The fourth-order valence-corrected chi connectivity index (χ4v) is 4.99. The quantitative estimate of drug-likeness (QED) is 0.286. The van der Waals surface area contributed by atoms with Gasteiger partial charge in [0, 0.05) is 38.8 Å². The fourth-order valence-electron chi connectivity index (χ4n) is 4.60. The predicted octanol–water partition coefficient (Wildman–Crippen LogP) is 6.15. The van der Waals surface area contributed by atoms with Crippen LogP contribution in [0.4, 0.5) is 0 Å². The van der Waals surface area contributed by atoms with E-state index in [9.17, 15) is 14.4 Å². The maximum Gasteiger partial charge on any atom is 0.303 e. The normalized spacial score (nSPS) is 15.1. The Balaban J connectivity index is 1.68.